The van der Waals surface area contributed by atoms with Crippen molar-refractivity contribution in [2.75, 3.05) is 6.61 Å². The van der Waals surface area contributed by atoms with Crippen LogP contribution in [0.4, 0.5) is 4.79 Å². The summed E-state index contributed by atoms with van der Waals surface area (Å²) >= 11 is 0. The Morgan fingerprint density at radius 3 is 2.00 bits per heavy atom. The van der Waals surface area contributed by atoms with Crippen LogP contribution < -0.4 is 10.6 Å². The lowest BCUT2D eigenvalue weighted by atomic mass is 9.91. The van der Waals surface area contributed by atoms with Crippen LogP contribution in [0.3, 0.4) is 0 Å². The smallest absolute Gasteiger partial charge is 0.407 e. The third-order valence-electron chi connectivity index (χ3n) is 6.51. The van der Waals surface area contributed by atoms with Gasteiger partial charge in [-0.1, -0.05) is 85.8 Å². The van der Waals surface area contributed by atoms with Crippen molar-refractivity contribution in [3.05, 3.63) is 95.6 Å². The summed E-state index contributed by atoms with van der Waals surface area (Å²) in [5.74, 6) is -1.90. The Bertz CT molecular complexity index is 1200. The van der Waals surface area contributed by atoms with Crippen LogP contribution in [0.5, 0.6) is 0 Å². The Morgan fingerprint density at radius 2 is 1.46 bits per heavy atom. The van der Waals surface area contributed by atoms with Crippen LogP contribution in [0.15, 0.2) is 78.9 Å². The molecule has 0 aliphatic heterocycles. The van der Waals surface area contributed by atoms with Crippen molar-refractivity contribution in [3.8, 4) is 11.1 Å². The molecule has 1 aliphatic rings. The first kappa shape index (κ1) is 24.0. The van der Waals surface area contributed by atoms with E-state index in [0.29, 0.717) is 5.56 Å². The molecule has 0 heterocycles. The van der Waals surface area contributed by atoms with Crippen LogP contribution in [0.1, 0.15) is 42.9 Å². The molecule has 0 bridgehead atoms. The van der Waals surface area contributed by atoms with Gasteiger partial charge in [0.05, 0.1) is 0 Å². The highest BCUT2D eigenvalue weighted by molar-refractivity contribution is 5.91. The first-order valence-electron chi connectivity index (χ1n) is 11.6. The van der Waals surface area contributed by atoms with Gasteiger partial charge in [0.15, 0.2) is 5.54 Å². The highest BCUT2D eigenvalue weighted by Crippen LogP contribution is 2.44. The fourth-order valence-electron chi connectivity index (χ4n) is 4.49. The topological polar surface area (TPSA) is 105 Å². The van der Waals surface area contributed by atoms with Gasteiger partial charge < -0.3 is 20.5 Å². The van der Waals surface area contributed by atoms with Gasteiger partial charge in [-0.05, 0) is 41.2 Å². The number of alkyl carbamates (subject to hydrolysis) is 1. The number of nitrogens with one attached hydrogen (secondary N) is 2. The number of ether oxygens (including phenoxy) is 1. The number of rotatable bonds is 8. The lowest BCUT2D eigenvalue weighted by Crippen LogP contribution is -2.56. The van der Waals surface area contributed by atoms with E-state index in [1.807, 2.05) is 36.4 Å². The molecule has 2 amide bonds. The predicted molar refractivity (Wildman–Crippen MR) is 132 cm³/mol. The molecule has 0 spiro atoms. The van der Waals surface area contributed by atoms with Crippen LogP contribution in [-0.4, -0.2) is 35.7 Å². The van der Waals surface area contributed by atoms with Gasteiger partial charge in [0.1, 0.15) is 12.6 Å². The number of benzene rings is 3. The predicted octanol–water partition coefficient (Wildman–Crippen LogP) is 4.42. The third kappa shape index (κ3) is 4.75. The van der Waals surface area contributed by atoms with Gasteiger partial charge in [-0.25, -0.2) is 9.59 Å². The van der Waals surface area contributed by atoms with Crippen molar-refractivity contribution < 1.29 is 24.2 Å². The zero-order valence-corrected chi connectivity index (χ0v) is 19.7. The maximum absolute atomic E-state index is 12.9. The number of amides is 2. The molecule has 0 saturated heterocycles. The van der Waals surface area contributed by atoms with E-state index in [9.17, 15) is 19.5 Å². The summed E-state index contributed by atoms with van der Waals surface area (Å²) in [5.41, 5.74) is 3.21. The summed E-state index contributed by atoms with van der Waals surface area (Å²) in [6, 6.07) is 23.5. The van der Waals surface area contributed by atoms with Crippen LogP contribution >= 0.6 is 0 Å². The second kappa shape index (κ2) is 10.0. The van der Waals surface area contributed by atoms with E-state index in [1.54, 1.807) is 37.3 Å². The number of hydrogen-bond donors (Lipinski definition) is 3. The average Bonchev–Trinajstić information content (AvgIpc) is 3.20. The Morgan fingerprint density at radius 1 is 0.914 bits per heavy atom. The number of carbonyl (C=O) groups is 3. The molecule has 0 fully saturated rings. The van der Waals surface area contributed by atoms with Crippen LogP contribution in [-0.2, 0) is 19.9 Å². The van der Waals surface area contributed by atoms with E-state index in [1.165, 1.54) is 6.92 Å². The first-order valence-corrected chi connectivity index (χ1v) is 11.6. The molecule has 180 valence electrons. The quantitative estimate of drug-likeness (QED) is 0.450. The minimum Gasteiger partial charge on any atom is -0.479 e. The number of carbonyl (C=O) groups excluding carboxylic acids is 2. The van der Waals surface area contributed by atoms with Crippen LogP contribution in [0, 0.1) is 0 Å². The SMILES string of the molecule is CC[C@@H](NC(=O)OCC1c2ccccc2-c2ccccc21)C(=O)NC(C)(C(=O)O)c1ccccc1. The summed E-state index contributed by atoms with van der Waals surface area (Å²) in [7, 11) is 0. The standard InChI is InChI=1S/C28H28N2O5/c1-3-24(25(31)30-28(2,26(32)33)18-11-5-4-6-12-18)29-27(34)35-17-23-21-15-9-7-13-19(21)20-14-8-10-16-22(20)23/h4-16,23-24H,3,17H2,1-2H3,(H,29,34)(H,30,31)(H,32,33)/t24-,28?/m1/s1. The van der Waals surface area contributed by atoms with E-state index in [-0.39, 0.29) is 18.9 Å². The fourth-order valence-corrected chi connectivity index (χ4v) is 4.49. The van der Waals surface area contributed by atoms with Gasteiger partial charge in [0.2, 0.25) is 5.91 Å². The van der Waals surface area contributed by atoms with Crippen molar-refractivity contribution in [1.82, 2.24) is 10.6 Å². The molecule has 7 heteroatoms. The van der Waals surface area contributed by atoms with Crippen LogP contribution in [0.25, 0.3) is 11.1 Å². The molecule has 0 radical (unpaired) electrons. The molecule has 3 aromatic rings. The monoisotopic (exact) mass is 472 g/mol. The Labute approximate surface area is 204 Å². The van der Waals surface area contributed by atoms with E-state index >= 15 is 0 Å². The first-order chi connectivity index (χ1) is 16.8. The molecular weight excluding hydrogens is 444 g/mol. The number of hydrogen-bond acceptors (Lipinski definition) is 4. The van der Waals surface area contributed by atoms with Gasteiger partial charge in [-0.15, -0.1) is 0 Å². The number of carboxylic acids is 1. The van der Waals surface area contributed by atoms with Crippen molar-refractivity contribution in [2.24, 2.45) is 0 Å². The van der Waals surface area contributed by atoms with Gasteiger partial charge in [0.25, 0.3) is 0 Å². The molecule has 1 unspecified atom stereocenters. The maximum Gasteiger partial charge on any atom is 0.407 e. The van der Waals surface area contributed by atoms with E-state index in [4.69, 9.17) is 4.74 Å². The highest BCUT2D eigenvalue weighted by Gasteiger charge is 2.38. The molecular formula is C28H28N2O5. The largest absolute Gasteiger partial charge is 0.479 e. The molecule has 35 heavy (non-hydrogen) atoms. The van der Waals surface area contributed by atoms with Gasteiger partial charge in [-0.3, -0.25) is 4.79 Å². The second-order valence-electron chi connectivity index (χ2n) is 8.72. The van der Waals surface area contributed by atoms with Crippen LogP contribution in [0.2, 0.25) is 0 Å². The molecule has 3 aromatic carbocycles. The zero-order valence-electron chi connectivity index (χ0n) is 19.7. The van der Waals surface area contributed by atoms with E-state index < -0.39 is 29.6 Å². The summed E-state index contributed by atoms with van der Waals surface area (Å²) in [6.07, 6.45) is -0.467. The summed E-state index contributed by atoms with van der Waals surface area (Å²) < 4.78 is 5.54. The Hall–Kier alpha value is -4.13. The number of carboxylic acid groups (broad SMARTS) is 1. The lowest BCUT2D eigenvalue weighted by molar-refractivity contribution is -0.147. The molecule has 0 aromatic heterocycles. The second-order valence-corrected chi connectivity index (χ2v) is 8.72. The lowest BCUT2D eigenvalue weighted by Gasteiger charge is -2.29. The Kier molecular flexibility index (Phi) is 6.87. The van der Waals surface area contributed by atoms with Gasteiger partial charge >= 0.3 is 12.1 Å². The molecule has 0 saturated carbocycles. The van der Waals surface area contributed by atoms with Gasteiger partial charge in [-0.2, -0.15) is 0 Å². The van der Waals surface area contributed by atoms with Gasteiger partial charge in [0, 0.05) is 5.92 Å². The molecule has 3 N–H and O–H groups in total. The third-order valence-corrected chi connectivity index (χ3v) is 6.51. The minimum atomic E-state index is -1.64. The molecule has 1 aliphatic carbocycles. The minimum absolute atomic E-state index is 0.101. The molecule has 7 nitrogen and oxygen atoms in total. The maximum atomic E-state index is 12.9. The van der Waals surface area contributed by atoms with Crippen molar-refractivity contribution in [1.29, 1.82) is 0 Å². The summed E-state index contributed by atoms with van der Waals surface area (Å²) in [6.45, 7) is 3.27. The zero-order chi connectivity index (χ0) is 25.0. The normalized spacial score (nSPS) is 14.7. The highest BCUT2D eigenvalue weighted by atomic mass is 16.5. The average molecular weight is 473 g/mol. The summed E-state index contributed by atoms with van der Waals surface area (Å²) in [5, 5.41) is 15.0. The molecule has 2 atom stereocenters. The van der Waals surface area contributed by atoms with Crippen molar-refractivity contribution >= 4 is 18.0 Å². The fraction of sp³-hybridized carbons (Fsp3) is 0.250. The van der Waals surface area contributed by atoms with Crippen molar-refractivity contribution in [3.63, 3.8) is 0 Å². The number of aliphatic carboxylic acids is 1. The van der Waals surface area contributed by atoms with Crippen molar-refractivity contribution in [2.45, 2.75) is 37.8 Å². The Balaban J connectivity index is 1.42. The van der Waals surface area contributed by atoms with E-state index in [2.05, 4.69) is 22.8 Å². The summed E-state index contributed by atoms with van der Waals surface area (Å²) in [4.78, 5) is 37.6. The molecule has 4 rings (SSSR count). The number of fused-ring (bicyclic) bond motifs is 3. The van der Waals surface area contributed by atoms with E-state index in [0.717, 1.165) is 22.3 Å².